The molecule has 0 aliphatic heterocycles. The second kappa shape index (κ2) is 5.78. The van der Waals surface area contributed by atoms with Gasteiger partial charge in [-0.2, -0.15) is 0 Å². The van der Waals surface area contributed by atoms with E-state index in [1.165, 1.54) is 7.11 Å². The Hall–Kier alpha value is -1.68. The maximum Gasteiger partial charge on any atom is 0.309 e. The van der Waals surface area contributed by atoms with Crippen LogP contribution in [-0.2, 0) is 16.0 Å². The number of benzene rings is 1. The van der Waals surface area contributed by atoms with Gasteiger partial charge in [-0.1, -0.05) is 24.3 Å². The van der Waals surface area contributed by atoms with Gasteiger partial charge in [0.2, 0.25) is 0 Å². The zero-order chi connectivity index (χ0) is 13.0. The van der Waals surface area contributed by atoms with Crippen LogP contribution >= 0.6 is 15.9 Å². The van der Waals surface area contributed by atoms with Crippen LogP contribution in [-0.4, -0.2) is 18.1 Å². The molecular formula is C14H12BrNO2. The summed E-state index contributed by atoms with van der Waals surface area (Å²) in [6.45, 7) is 0. The second-order valence-corrected chi connectivity index (χ2v) is 4.76. The first-order chi connectivity index (χ1) is 8.69. The predicted octanol–water partition coefficient (Wildman–Crippen LogP) is 3.23. The molecule has 0 saturated heterocycles. The first-order valence-corrected chi connectivity index (χ1v) is 6.25. The standard InChI is InChI=1S/C14H12BrNO2/c1-18-14(17)6-10-2-4-11(5-3-10)12-7-13(15)9-16-8-12/h2-5,7-9H,6H2,1H3. The highest BCUT2D eigenvalue weighted by atomic mass is 79.9. The molecule has 2 rings (SSSR count). The number of hydrogen-bond donors (Lipinski definition) is 0. The Bertz CT molecular complexity index is 552. The zero-order valence-electron chi connectivity index (χ0n) is 9.89. The van der Waals surface area contributed by atoms with E-state index in [2.05, 4.69) is 25.7 Å². The Morgan fingerprint density at radius 3 is 2.56 bits per heavy atom. The summed E-state index contributed by atoms with van der Waals surface area (Å²) in [5.41, 5.74) is 3.04. The normalized spacial score (nSPS) is 10.1. The maximum atomic E-state index is 11.1. The van der Waals surface area contributed by atoms with E-state index in [0.717, 1.165) is 21.2 Å². The van der Waals surface area contributed by atoms with Gasteiger partial charge in [-0.3, -0.25) is 9.78 Å². The molecule has 1 aromatic carbocycles. The van der Waals surface area contributed by atoms with E-state index in [4.69, 9.17) is 0 Å². The van der Waals surface area contributed by atoms with Crippen LogP contribution in [0.25, 0.3) is 11.1 Å². The summed E-state index contributed by atoms with van der Waals surface area (Å²) in [6.07, 6.45) is 3.85. The van der Waals surface area contributed by atoms with Crippen molar-refractivity contribution in [1.82, 2.24) is 4.98 Å². The third-order valence-electron chi connectivity index (χ3n) is 2.57. The summed E-state index contributed by atoms with van der Waals surface area (Å²) in [7, 11) is 1.39. The Kier molecular flexibility index (Phi) is 4.10. The summed E-state index contributed by atoms with van der Waals surface area (Å²) in [5.74, 6) is -0.230. The fraction of sp³-hybridized carbons (Fsp3) is 0.143. The minimum Gasteiger partial charge on any atom is -0.469 e. The number of esters is 1. The monoisotopic (exact) mass is 305 g/mol. The lowest BCUT2D eigenvalue weighted by molar-refractivity contribution is -0.139. The lowest BCUT2D eigenvalue weighted by Crippen LogP contribution is -2.04. The summed E-state index contributed by atoms with van der Waals surface area (Å²) in [6, 6.07) is 9.80. The smallest absolute Gasteiger partial charge is 0.309 e. The molecule has 18 heavy (non-hydrogen) atoms. The van der Waals surface area contributed by atoms with Crippen molar-refractivity contribution in [1.29, 1.82) is 0 Å². The van der Waals surface area contributed by atoms with Crippen LogP contribution in [0.1, 0.15) is 5.56 Å². The van der Waals surface area contributed by atoms with Crippen LogP contribution in [0.5, 0.6) is 0 Å². The van der Waals surface area contributed by atoms with Gasteiger partial charge >= 0.3 is 5.97 Å². The molecule has 0 bridgehead atoms. The van der Waals surface area contributed by atoms with Crippen LogP contribution < -0.4 is 0 Å². The molecule has 0 radical (unpaired) electrons. The Labute approximate surface area is 114 Å². The quantitative estimate of drug-likeness (QED) is 0.817. The first kappa shape index (κ1) is 12.8. The van der Waals surface area contributed by atoms with E-state index >= 15 is 0 Å². The fourth-order valence-corrected chi connectivity index (χ4v) is 1.99. The Balaban J connectivity index is 2.19. The number of methoxy groups -OCH3 is 1. The van der Waals surface area contributed by atoms with Gasteiger partial charge in [0.25, 0.3) is 0 Å². The topological polar surface area (TPSA) is 39.2 Å². The van der Waals surface area contributed by atoms with Crippen LogP contribution in [0.15, 0.2) is 47.2 Å². The SMILES string of the molecule is COC(=O)Cc1ccc(-c2cncc(Br)c2)cc1. The molecule has 0 aliphatic carbocycles. The number of nitrogens with zero attached hydrogens (tertiary/aromatic N) is 1. The number of carbonyl (C=O) groups excluding carboxylic acids is 1. The molecule has 0 spiro atoms. The Morgan fingerprint density at radius 2 is 1.94 bits per heavy atom. The van der Waals surface area contributed by atoms with Crippen molar-refractivity contribution < 1.29 is 9.53 Å². The van der Waals surface area contributed by atoms with E-state index in [-0.39, 0.29) is 5.97 Å². The number of ether oxygens (including phenoxy) is 1. The van der Waals surface area contributed by atoms with Crippen molar-refractivity contribution in [2.45, 2.75) is 6.42 Å². The maximum absolute atomic E-state index is 11.1. The van der Waals surface area contributed by atoms with Gasteiger partial charge in [-0.25, -0.2) is 0 Å². The van der Waals surface area contributed by atoms with Gasteiger partial charge in [-0.05, 0) is 33.1 Å². The van der Waals surface area contributed by atoms with E-state index in [1.807, 2.05) is 30.3 Å². The number of pyridine rings is 1. The number of halogens is 1. The van der Waals surface area contributed by atoms with E-state index in [1.54, 1.807) is 12.4 Å². The highest BCUT2D eigenvalue weighted by Gasteiger charge is 2.03. The van der Waals surface area contributed by atoms with Gasteiger partial charge in [0.1, 0.15) is 0 Å². The summed E-state index contributed by atoms with van der Waals surface area (Å²) >= 11 is 3.39. The van der Waals surface area contributed by atoms with Crippen molar-refractivity contribution >= 4 is 21.9 Å². The molecule has 2 aromatic rings. The molecule has 3 nitrogen and oxygen atoms in total. The lowest BCUT2D eigenvalue weighted by Gasteiger charge is -2.04. The van der Waals surface area contributed by atoms with Crippen LogP contribution in [0.3, 0.4) is 0 Å². The van der Waals surface area contributed by atoms with Crippen LogP contribution in [0.2, 0.25) is 0 Å². The van der Waals surface area contributed by atoms with Gasteiger partial charge in [-0.15, -0.1) is 0 Å². The van der Waals surface area contributed by atoms with Crippen molar-refractivity contribution in [3.8, 4) is 11.1 Å². The summed E-state index contributed by atoms with van der Waals surface area (Å²) in [5, 5.41) is 0. The second-order valence-electron chi connectivity index (χ2n) is 3.84. The summed E-state index contributed by atoms with van der Waals surface area (Å²) < 4.78 is 5.57. The van der Waals surface area contributed by atoms with E-state index in [0.29, 0.717) is 6.42 Å². The van der Waals surface area contributed by atoms with Gasteiger partial charge in [0.05, 0.1) is 13.5 Å². The molecular weight excluding hydrogens is 294 g/mol. The first-order valence-electron chi connectivity index (χ1n) is 5.46. The molecule has 0 unspecified atom stereocenters. The zero-order valence-corrected chi connectivity index (χ0v) is 11.5. The van der Waals surface area contributed by atoms with Crippen molar-refractivity contribution in [3.63, 3.8) is 0 Å². The predicted molar refractivity (Wildman–Crippen MR) is 73.1 cm³/mol. The number of rotatable bonds is 3. The van der Waals surface area contributed by atoms with E-state index < -0.39 is 0 Å². The van der Waals surface area contributed by atoms with E-state index in [9.17, 15) is 4.79 Å². The molecule has 0 amide bonds. The number of hydrogen-bond acceptors (Lipinski definition) is 3. The largest absolute Gasteiger partial charge is 0.469 e. The minimum absolute atomic E-state index is 0.230. The lowest BCUT2D eigenvalue weighted by atomic mass is 10.0. The number of aromatic nitrogens is 1. The average Bonchev–Trinajstić information content (AvgIpc) is 2.39. The molecule has 0 fully saturated rings. The summed E-state index contributed by atoms with van der Waals surface area (Å²) in [4.78, 5) is 15.3. The molecule has 0 atom stereocenters. The minimum atomic E-state index is -0.230. The van der Waals surface area contributed by atoms with Gasteiger partial charge in [0, 0.05) is 22.4 Å². The molecule has 92 valence electrons. The van der Waals surface area contributed by atoms with Gasteiger partial charge < -0.3 is 4.74 Å². The molecule has 0 saturated carbocycles. The third kappa shape index (κ3) is 3.17. The van der Waals surface area contributed by atoms with Crippen molar-refractivity contribution in [3.05, 3.63) is 52.8 Å². The highest BCUT2D eigenvalue weighted by Crippen LogP contribution is 2.22. The molecule has 0 N–H and O–H groups in total. The van der Waals surface area contributed by atoms with Crippen molar-refractivity contribution in [2.24, 2.45) is 0 Å². The molecule has 1 heterocycles. The molecule has 0 aliphatic rings. The highest BCUT2D eigenvalue weighted by molar-refractivity contribution is 9.10. The van der Waals surface area contributed by atoms with Crippen LogP contribution in [0, 0.1) is 0 Å². The van der Waals surface area contributed by atoms with Crippen molar-refractivity contribution in [2.75, 3.05) is 7.11 Å². The number of carbonyl (C=O) groups is 1. The average molecular weight is 306 g/mol. The molecule has 1 aromatic heterocycles. The van der Waals surface area contributed by atoms with Gasteiger partial charge in [0.15, 0.2) is 0 Å². The third-order valence-corrected chi connectivity index (χ3v) is 3.00. The Morgan fingerprint density at radius 1 is 1.22 bits per heavy atom. The fourth-order valence-electron chi connectivity index (χ4n) is 1.62. The van der Waals surface area contributed by atoms with Crippen LogP contribution in [0.4, 0.5) is 0 Å². The molecule has 4 heteroatoms.